The van der Waals surface area contributed by atoms with Gasteiger partial charge in [-0.2, -0.15) is 0 Å². The third-order valence-electron chi connectivity index (χ3n) is 5.49. The molecule has 2 aliphatic rings. The number of nitrogens with one attached hydrogen (secondary N) is 1. The highest BCUT2D eigenvalue weighted by molar-refractivity contribution is 5.78. The van der Waals surface area contributed by atoms with Gasteiger partial charge in [0.25, 0.3) is 0 Å². The first-order valence-electron chi connectivity index (χ1n) is 9.91. The number of nitrogens with zero attached hydrogens (tertiary/aromatic N) is 1. The second-order valence-electron chi connectivity index (χ2n) is 7.60. The van der Waals surface area contributed by atoms with E-state index in [0.717, 1.165) is 19.6 Å². The van der Waals surface area contributed by atoms with Gasteiger partial charge in [0.2, 0.25) is 5.91 Å². The molecular formula is C21H32N2O2. The molecule has 3 rings (SSSR count). The first-order valence-corrected chi connectivity index (χ1v) is 9.91. The van der Waals surface area contributed by atoms with E-state index in [1.54, 1.807) is 0 Å². The zero-order chi connectivity index (χ0) is 17.5. The van der Waals surface area contributed by atoms with E-state index in [-0.39, 0.29) is 5.91 Å². The summed E-state index contributed by atoms with van der Waals surface area (Å²) in [6.07, 6.45) is 7.74. The van der Waals surface area contributed by atoms with Crippen molar-refractivity contribution in [2.45, 2.75) is 57.6 Å². The fraction of sp³-hybridized carbons (Fsp3) is 0.667. The molecule has 1 aliphatic carbocycles. The molecule has 2 fully saturated rings. The molecule has 1 aromatic carbocycles. The maximum atomic E-state index is 12.2. The molecule has 1 amide bonds. The third-order valence-corrected chi connectivity index (χ3v) is 5.49. The Morgan fingerprint density at radius 2 is 1.96 bits per heavy atom. The zero-order valence-corrected chi connectivity index (χ0v) is 15.5. The molecule has 0 unspecified atom stereocenters. The van der Waals surface area contributed by atoms with Gasteiger partial charge in [-0.1, -0.05) is 56.5 Å². The Morgan fingerprint density at radius 3 is 2.68 bits per heavy atom. The van der Waals surface area contributed by atoms with Crippen LogP contribution < -0.4 is 5.32 Å². The van der Waals surface area contributed by atoms with Gasteiger partial charge < -0.3 is 10.1 Å². The molecular weight excluding hydrogens is 312 g/mol. The summed E-state index contributed by atoms with van der Waals surface area (Å²) in [6, 6.07) is 10.9. The molecule has 25 heavy (non-hydrogen) atoms. The van der Waals surface area contributed by atoms with E-state index in [1.807, 2.05) is 6.07 Å². The molecule has 138 valence electrons. The van der Waals surface area contributed by atoms with Crippen LogP contribution in [0.1, 0.15) is 57.1 Å². The number of hydrogen-bond acceptors (Lipinski definition) is 3. The van der Waals surface area contributed by atoms with E-state index >= 15 is 0 Å². The number of amides is 1. The van der Waals surface area contributed by atoms with Crippen LogP contribution in [0.4, 0.5) is 0 Å². The molecule has 1 saturated heterocycles. The lowest BCUT2D eigenvalue weighted by molar-refractivity contribution is -0.125. The molecule has 1 saturated carbocycles. The number of carbonyl (C=O) groups is 1. The molecule has 4 heteroatoms. The monoisotopic (exact) mass is 344 g/mol. The van der Waals surface area contributed by atoms with Crippen LogP contribution in [0.2, 0.25) is 0 Å². The van der Waals surface area contributed by atoms with Crippen molar-refractivity contribution in [1.82, 2.24) is 10.2 Å². The minimum atomic E-state index is 0.130. The lowest BCUT2D eigenvalue weighted by Gasteiger charge is -2.46. The quantitative estimate of drug-likeness (QED) is 0.734. The smallest absolute Gasteiger partial charge is 0.234 e. The largest absolute Gasteiger partial charge is 0.378 e. The van der Waals surface area contributed by atoms with E-state index in [2.05, 4.69) is 41.4 Å². The van der Waals surface area contributed by atoms with Gasteiger partial charge in [-0.3, -0.25) is 9.69 Å². The summed E-state index contributed by atoms with van der Waals surface area (Å²) in [4.78, 5) is 14.5. The molecule has 1 aromatic rings. The van der Waals surface area contributed by atoms with Crippen molar-refractivity contribution in [3.05, 3.63) is 35.9 Å². The van der Waals surface area contributed by atoms with Crippen LogP contribution in [-0.2, 0) is 9.53 Å². The Morgan fingerprint density at radius 1 is 1.20 bits per heavy atom. The molecule has 0 radical (unpaired) electrons. The highest BCUT2D eigenvalue weighted by Crippen LogP contribution is 2.37. The fourth-order valence-electron chi connectivity index (χ4n) is 4.18. The first kappa shape index (κ1) is 18.4. The van der Waals surface area contributed by atoms with Crippen molar-refractivity contribution in [2.24, 2.45) is 5.92 Å². The molecule has 2 atom stereocenters. The summed E-state index contributed by atoms with van der Waals surface area (Å²) in [6.45, 7) is 5.23. The van der Waals surface area contributed by atoms with Gasteiger partial charge in [0.1, 0.15) is 0 Å². The Bertz CT molecular complexity index is 528. The average molecular weight is 344 g/mol. The summed E-state index contributed by atoms with van der Waals surface area (Å²) >= 11 is 0. The summed E-state index contributed by atoms with van der Waals surface area (Å²) < 4.78 is 5.91. The van der Waals surface area contributed by atoms with Crippen molar-refractivity contribution in [3.63, 3.8) is 0 Å². The maximum absolute atomic E-state index is 12.2. The van der Waals surface area contributed by atoms with Crippen LogP contribution in [0.15, 0.2) is 30.3 Å². The molecule has 0 aromatic heterocycles. The van der Waals surface area contributed by atoms with Crippen molar-refractivity contribution in [1.29, 1.82) is 0 Å². The highest BCUT2D eigenvalue weighted by atomic mass is 16.5. The van der Waals surface area contributed by atoms with Crippen LogP contribution in [0.25, 0.3) is 0 Å². The number of rotatable bonds is 8. The van der Waals surface area contributed by atoms with Gasteiger partial charge in [-0.25, -0.2) is 0 Å². The minimum absolute atomic E-state index is 0.130. The highest BCUT2D eigenvalue weighted by Gasteiger charge is 2.37. The maximum Gasteiger partial charge on any atom is 0.234 e. The van der Waals surface area contributed by atoms with Crippen LogP contribution in [-0.4, -0.2) is 43.2 Å². The van der Waals surface area contributed by atoms with Crippen molar-refractivity contribution < 1.29 is 9.53 Å². The second-order valence-corrected chi connectivity index (χ2v) is 7.60. The number of ether oxygens (including phenoxy) is 1. The van der Waals surface area contributed by atoms with E-state index in [1.165, 1.54) is 37.7 Å². The molecule has 1 heterocycles. The number of hydrogen-bond donors (Lipinski definition) is 1. The second kappa shape index (κ2) is 9.35. The van der Waals surface area contributed by atoms with Crippen molar-refractivity contribution >= 4 is 5.91 Å². The predicted octanol–water partition coefficient (Wildman–Crippen LogP) is 3.54. The van der Waals surface area contributed by atoms with Gasteiger partial charge in [0, 0.05) is 25.7 Å². The fourth-order valence-corrected chi connectivity index (χ4v) is 4.18. The van der Waals surface area contributed by atoms with Gasteiger partial charge in [-0.15, -0.1) is 0 Å². The molecule has 1 aliphatic heterocycles. The molecule has 1 N–H and O–H groups in total. The molecule has 4 nitrogen and oxygen atoms in total. The molecule has 0 bridgehead atoms. The average Bonchev–Trinajstić information content (AvgIpc) is 2.62. The molecule has 0 spiro atoms. The van der Waals surface area contributed by atoms with Crippen LogP contribution in [0.5, 0.6) is 0 Å². The minimum Gasteiger partial charge on any atom is -0.378 e. The standard InChI is InChI=1S/C21H32N2O2/c1-17-15-23(21(17)18-9-4-2-5-10-18)16-20(24)22-13-8-14-25-19-11-6-3-7-12-19/h2,4-5,9-10,17,19,21H,3,6-8,11-16H2,1H3,(H,22,24)/t17-,21+/m1/s1. The van der Waals surface area contributed by atoms with Crippen LogP contribution >= 0.6 is 0 Å². The van der Waals surface area contributed by atoms with Crippen LogP contribution in [0, 0.1) is 5.92 Å². The summed E-state index contributed by atoms with van der Waals surface area (Å²) in [5.74, 6) is 0.740. The number of likely N-dealkylation sites (tertiary alicyclic amines) is 1. The van der Waals surface area contributed by atoms with Gasteiger partial charge in [0.05, 0.1) is 12.6 Å². The van der Waals surface area contributed by atoms with Crippen molar-refractivity contribution in [2.75, 3.05) is 26.2 Å². The SMILES string of the molecule is C[C@@H]1CN(CC(=O)NCCCOC2CCCCC2)[C@@H]1c1ccccc1. The first-order chi connectivity index (χ1) is 12.2. The van der Waals surface area contributed by atoms with E-state index in [9.17, 15) is 4.79 Å². The Kier molecular flexibility index (Phi) is 6.88. The van der Waals surface area contributed by atoms with E-state index < -0.39 is 0 Å². The lowest BCUT2D eigenvalue weighted by Crippen LogP contribution is -2.52. The number of carbonyl (C=O) groups excluding carboxylic acids is 1. The number of benzene rings is 1. The lowest BCUT2D eigenvalue weighted by atomic mass is 9.85. The van der Waals surface area contributed by atoms with Gasteiger partial charge in [0.15, 0.2) is 0 Å². The normalized spacial score (nSPS) is 24.7. The predicted molar refractivity (Wildman–Crippen MR) is 100 cm³/mol. The summed E-state index contributed by atoms with van der Waals surface area (Å²) in [5, 5.41) is 3.05. The van der Waals surface area contributed by atoms with Crippen molar-refractivity contribution in [3.8, 4) is 0 Å². The van der Waals surface area contributed by atoms with Gasteiger partial charge >= 0.3 is 0 Å². The van der Waals surface area contributed by atoms with Crippen LogP contribution in [0.3, 0.4) is 0 Å². The summed E-state index contributed by atoms with van der Waals surface area (Å²) in [5.41, 5.74) is 1.31. The van der Waals surface area contributed by atoms with E-state index in [0.29, 0.717) is 31.2 Å². The Labute approximate surface area is 151 Å². The van der Waals surface area contributed by atoms with E-state index in [4.69, 9.17) is 4.74 Å². The van der Waals surface area contributed by atoms with Gasteiger partial charge in [-0.05, 0) is 30.7 Å². The Balaban J connectivity index is 1.31. The Hall–Kier alpha value is -1.39. The summed E-state index contributed by atoms with van der Waals surface area (Å²) in [7, 11) is 0. The topological polar surface area (TPSA) is 41.6 Å². The zero-order valence-electron chi connectivity index (χ0n) is 15.5. The third kappa shape index (κ3) is 5.29.